The first-order chi connectivity index (χ1) is 15.7. The molecule has 1 aromatic heterocycles. The first-order valence-corrected chi connectivity index (χ1v) is 12.8. The Bertz CT molecular complexity index is 933. The van der Waals surface area contributed by atoms with Gasteiger partial charge in [0.1, 0.15) is 11.9 Å². The molecule has 1 saturated heterocycles. The van der Waals surface area contributed by atoms with E-state index in [0.717, 1.165) is 42.7 Å². The van der Waals surface area contributed by atoms with Crippen LogP contribution in [0.25, 0.3) is 10.9 Å². The SMILES string of the molecule is COc1ccc2nccc([C@H](F)CC[C@@H]3CCN(CCSC(C)(C)C)C[C@@H]3CC(=O)O)c2c1. The number of carbonyl (C=O) groups is 1. The molecule has 0 aliphatic carbocycles. The van der Waals surface area contributed by atoms with Crippen molar-refractivity contribution in [1.29, 1.82) is 0 Å². The highest BCUT2D eigenvalue weighted by molar-refractivity contribution is 8.00. The summed E-state index contributed by atoms with van der Waals surface area (Å²) in [7, 11) is 1.60. The second-order valence-electron chi connectivity index (χ2n) is 10.00. The summed E-state index contributed by atoms with van der Waals surface area (Å²) < 4.78 is 20.9. The minimum Gasteiger partial charge on any atom is -0.497 e. The van der Waals surface area contributed by atoms with E-state index in [9.17, 15) is 9.90 Å². The highest BCUT2D eigenvalue weighted by Crippen LogP contribution is 2.36. The average Bonchev–Trinajstić information content (AvgIpc) is 2.76. The van der Waals surface area contributed by atoms with Gasteiger partial charge < -0.3 is 14.7 Å². The number of aliphatic carboxylic acids is 1. The van der Waals surface area contributed by atoms with Crippen LogP contribution in [0, 0.1) is 11.8 Å². The Morgan fingerprint density at radius 1 is 1.33 bits per heavy atom. The Hall–Kier alpha value is -1.86. The van der Waals surface area contributed by atoms with Gasteiger partial charge in [-0.05, 0) is 67.5 Å². The van der Waals surface area contributed by atoms with Crippen molar-refractivity contribution >= 4 is 28.6 Å². The predicted molar refractivity (Wildman–Crippen MR) is 134 cm³/mol. The minimum absolute atomic E-state index is 0.0670. The van der Waals surface area contributed by atoms with E-state index in [0.29, 0.717) is 24.2 Å². The molecular weight excluding hydrogens is 439 g/mol. The summed E-state index contributed by atoms with van der Waals surface area (Å²) in [5.41, 5.74) is 1.38. The van der Waals surface area contributed by atoms with Gasteiger partial charge in [-0.1, -0.05) is 20.8 Å². The largest absolute Gasteiger partial charge is 0.497 e. The molecular formula is C26H37FN2O3S. The molecule has 0 bridgehead atoms. The third-order valence-electron chi connectivity index (χ3n) is 6.47. The van der Waals surface area contributed by atoms with Crippen LogP contribution >= 0.6 is 11.8 Å². The predicted octanol–water partition coefficient (Wildman–Crippen LogP) is 5.98. The van der Waals surface area contributed by atoms with Crippen molar-refractivity contribution in [3.8, 4) is 5.75 Å². The zero-order valence-corrected chi connectivity index (χ0v) is 21.0. The lowest BCUT2D eigenvalue weighted by Crippen LogP contribution is -2.42. The molecule has 2 heterocycles. The maximum atomic E-state index is 15.4. The number of hydrogen-bond donors (Lipinski definition) is 1. The Kier molecular flexibility index (Phi) is 8.99. The van der Waals surface area contributed by atoms with Gasteiger partial charge in [0.2, 0.25) is 0 Å². The van der Waals surface area contributed by atoms with E-state index in [2.05, 4.69) is 30.7 Å². The monoisotopic (exact) mass is 476 g/mol. The van der Waals surface area contributed by atoms with Gasteiger partial charge in [0.15, 0.2) is 0 Å². The fourth-order valence-corrected chi connectivity index (χ4v) is 5.70. The molecule has 1 aliphatic heterocycles. The maximum absolute atomic E-state index is 15.4. The van der Waals surface area contributed by atoms with Crippen LogP contribution in [0.4, 0.5) is 4.39 Å². The highest BCUT2D eigenvalue weighted by Gasteiger charge is 2.31. The molecule has 1 N–H and O–H groups in total. The number of methoxy groups -OCH3 is 1. The van der Waals surface area contributed by atoms with Gasteiger partial charge in [0.25, 0.3) is 0 Å². The minimum atomic E-state index is -1.12. The number of rotatable bonds is 10. The molecule has 1 aromatic carbocycles. The number of likely N-dealkylation sites (tertiary alicyclic amines) is 1. The summed E-state index contributed by atoms with van der Waals surface area (Å²) in [6, 6.07) is 7.26. The van der Waals surface area contributed by atoms with E-state index in [1.165, 1.54) is 0 Å². The molecule has 33 heavy (non-hydrogen) atoms. The van der Waals surface area contributed by atoms with E-state index in [1.807, 2.05) is 30.0 Å². The van der Waals surface area contributed by atoms with E-state index >= 15 is 4.39 Å². The Labute approximate surface area is 201 Å². The lowest BCUT2D eigenvalue weighted by molar-refractivity contribution is -0.139. The van der Waals surface area contributed by atoms with Crippen molar-refractivity contribution in [2.45, 2.75) is 57.4 Å². The van der Waals surface area contributed by atoms with Gasteiger partial charge in [-0.2, -0.15) is 11.8 Å². The van der Waals surface area contributed by atoms with Gasteiger partial charge in [-0.3, -0.25) is 9.78 Å². The number of benzene rings is 1. The van der Waals surface area contributed by atoms with E-state index in [1.54, 1.807) is 19.4 Å². The zero-order chi connectivity index (χ0) is 24.0. The van der Waals surface area contributed by atoms with Gasteiger partial charge in [-0.25, -0.2) is 4.39 Å². The van der Waals surface area contributed by atoms with Crippen molar-refractivity contribution < 1.29 is 19.0 Å². The van der Waals surface area contributed by atoms with Crippen LogP contribution in [0.2, 0.25) is 0 Å². The molecule has 3 rings (SSSR count). The summed E-state index contributed by atoms with van der Waals surface area (Å²) in [5, 5.41) is 10.2. The molecule has 0 unspecified atom stereocenters. The number of piperidine rings is 1. The van der Waals surface area contributed by atoms with Crippen molar-refractivity contribution in [2.24, 2.45) is 11.8 Å². The normalized spacial score (nSPS) is 20.6. The topological polar surface area (TPSA) is 62.7 Å². The van der Waals surface area contributed by atoms with Crippen LogP contribution < -0.4 is 4.74 Å². The molecule has 7 heteroatoms. The number of ether oxygens (including phenoxy) is 1. The van der Waals surface area contributed by atoms with E-state index < -0.39 is 12.1 Å². The summed E-state index contributed by atoms with van der Waals surface area (Å²) in [4.78, 5) is 18.3. The van der Waals surface area contributed by atoms with Crippen molar-refractivity contribution in [3.05, 3.63) is 36.0 Å². The number of carboxylic acid groups (broad SMARTS) is 1. The Balaban J connectivity index is 1.62. The quantitative estimate of drug-likeness (QED) is 0.455. The molecule has 5 nitrogen and oxygen atoms in total. The zero-order valence-electron chi connectivity index (χ0n) is 20.2. The highest BCUT2D eigenvalue weighted by atomic mass is 32.2. The molecule has 0 spiro atoms. The third kappa shape index (κ3) is 7.57. The summed E-state index contributed by atoms with van der Waals surface area (Å²) in [6.07, 6.45) is 2.69. The molecule has 1 fully saturated rings. The number of hydrogen-bond acceptors (Lipinski definition) is 5. The summed E-state index contributed by atoms with van der Waals surface area (Å²) >= 11 is 1.94. The van der Waals surface area contributed by atoms with Crippen LogP contribution in [-0.2, 0) is 4.79 Å². The van der Waals surface area contributed by atoms with Crippen molar-refractivity contribution in [2.75, 3.05) is 32.5 Å². The second kappa shape index (κ2) is 11.5. The van der Waals surface area contributed by atoms with Crippen LogP contribution in [0.5, 0.6) is 5.75 Å². The van der Waals surface area contributed by atoms with Gasteiger partial charge in [-0.15, -0.1) is 0 Å². The molecule has 3 atom stereocenters. The second-order valence-corrected chi connectivity index (χ2v) is 11.9. The molecule has 182 valence electrons. The Morgan fingerprint density at radius 2 is 2.12 bits per heavy atom. The number of carboxylic acids is 1. The number of pyridine rings is 1. The number of halogens is 1. The molecule has 0 amide bonds. The van der Waals surface area contributed by atoms with E-state index in [4.69, 9.17) is 4.74 Å². The summed E-state index contributed by atoms with van der Waals surface area (Å²) in [6.45, 7) is 9.36. The number of fused-ring (bicyclic) bond motifs is 1. The van der Waals surface area contributed by atoms with Crippen LogP contribution in [-0.4, -0.2) is 58.2 Å². The molecule has 0 saturated carbocycles. The van der Waals surface area contributed by atoms with Crippen LogP contribution in [0.15, 0.2) is 30.5 Å². The fourth-order valence-electron chi connectivity index (χ4n) is 4.74. The first kappa shape index (κ1) is 25.8. The van der Waals surface area contributed by atoms with Gasteiger partial charge >= 0.3 is 5.97 Å². The number of alkyl halides is 1. The number of aromatic nitrogens is 1. The van der Waals surface area contributed by atoms with Crippen LogP contribution in [0.3, 0.4) is 0 Å². The maximum Gasteiger partial charge on any atom is 0.303 e. The van der Waals surface area contributed by atoms with E-state index in [-0.39, 0.29) is 23.0 Å². The number of nitrogens with zero attached hydrogens (tertiary/aromatic N) is 2. The number of thioether (sulfide) groups is 1. The Morgan fingerprint density at radius 3 is 2.82 bits per heavy atom. The standard InChI is InChI=1S/C26H37FN2O3S/c1-26(2,3)33-14-13-29-12-10-18(19(17-29)15-25(30)31)5-7-23(27)21-9-11-28-24-8-6-20(32-4)16-22(21)24/h6,8-9,11,16,18-19,23H,5,7,10,12-15,17H2,1-4H3,(H,30,31)/t18-,19+,23-/m1/s1. The lowest BCUT2D eigenvalue weighted by atomic mass is 9.79. The lowest BCUT2D eigenvalue weighted by Gasteiger charge is -2.38. The van der Waals surface area contributed by atoms with Crippen molar-refractivity contribution in [1.82, 2.24) is 9.88 Å². The molecule has 2 aromatic rings. The first-order valence-electron chi connectivity index (χ1n) is 11.8. The van der Waals surface area contributed by atoms with Crippen molar-refractivity contribution in [3.63, 3.8) is 0 Å². The third-order valence-corrected chi connectivity index (χ3v) is 7.72. The molecule has 0 radical (unpaired) electrons. The average molecular weight is 477 g/mol. The summed E-state index contributed by atoms with van der Waals surface area (Å²) in [5.74, 6) is 1.26. The van der Waals surface area contributed by atoms with Crippen LogP contribution in [0.1, 0.15) is 58.2 Å². The van der Waals surface area contributed by atoms with Gasteiger partial charge in [0.05, 0.1) is 12.6 Å². The smallest absolute Gasteiger partial charge is 0.303 e. The van der Waals surface area contributed by atoms with Gasteiger partial charge in [0, 0.05) is 41.6 Å². The fraction of sp³-hybridized carbons (Fsp3) is 0.615. The molecule has 1 aliphatic rings.